The van der Waals surface area contributed by atoms with Gasteiger partial charge >= 0.3 is 0 Å². The minimum atomic E-state index is -0.910. The zero-order valence-corrected chi connectivity index (χ0v) is 13.5. The fraction of sp³-hybridized carbons (Fsp3) is 0.467. The van der Waals surface area contributed by atoms with Gasteiger partial charge in [0.15, 0.2) is 0 Å². The van der Waals surface area contributed by atoms with Crippen LogP contribution in [0.2, 0.25) is 0 Å². The Balaban J connectivity index is 0.00000264. The highest BCUT2D eigenvalue weighted by Crippen LogP contribution is 2.15. The van der Waals surface area contributed by atoms with E-state index >= 15 is 0 Å². The number of hydrogen-bond acceptors (Lipinski definition) is 3. The molecule has 0 saturated carbocycles. The van der Waals surface area contributed by atoms with Crippen molar-refractivity contribution in [2.45, 2.75) is 6.92 Å². The third kappa shape index (κ3) is 4.87. The molecule has 1 heterocycles. The molecule has 0 spiro atoms. The van der Waals surface area contributed by atoms with E-state index in [1.54, 1.807) is 0 Å². The van der Waals surface area contributed by atoms with Gasteiger partial charge in [0, 0.05) is 19.0 Å². The molecular formula is C15H20ClF2N3O2. The minimum Gasteiger partial charge on any atom is -0.354 e. The summed E-state index contributed by atoms with van der Waals surface area (Å²) in [6, 6.07) is 3.24. The van der Waals surface area contributed by atoms with Gasteiger partial charge in [0.2, 0.25) is 5.91 Å². The molecule has 2 rings (SSSR count). The van der Waals surface area contributed by atoms with Crippen LogP contribution in [0.5, 0.6) is 0 Å². The van der Waals surface area contributed by atoms with Crippen LogP contribution >= 0.6 is 12.4 Å². The van der Waals surface area contributed by atoms with Gasteiger partial charge in [0.05, 0.1) is 0 Å². The van der Waals surface area contributed by atoms with Gasteiger partial charge in [-0.25, -0.2) is 8.78 Å². The molecule has 1 atom stereocenters. The van der Waals surface area contributed by atoms with Gasteiger partial charge in [-0.15, -0.1) is 12.4 Å². The number of hydrogen-bond donors (Lipinski definition) is 3. The smallest absolute Gasteiger partial charge is 0.257 e. The molecule has 1 fully saturated rings. The second-order valence-electron chi connectivity index (χ2n) is 5.35. The lowest BCUT2D eigenvalue weighted by atomic mass is 9.88. The number of carbonyl (C=O) groups is 2. The Morgan fingerprint density at radius 3 is 2.30 bits per heavy atom. The first kappa shape index (κ1) is 19.3. The van der Waals surface area contributed by atoms with Crippen molar-refractivity contribution in [2.24, 2.45) is 11.8 Å². The molecule has 0 radical (unpaired) electrons. The third-order valence-corrected chi connectivity index (χ3v) is 3.83. The highest BCUT2D eigenvalue weighted by Gasteiger charge is 2.28. The van der Waals surface area contributed by atoms with Crippen LogP contribution in [0.3, 0.4) is 0 Å². The zero-order valence-electron chi connectivity index (χ0n) is 12.7. The molecule has 128 valence electrons. The maximum atomic E-state index is 13.4. The van der Waals surface area contributed by atoms with Crippen LogP contribution in [0.1, 0.15) is 17.3 Å². The van der Waals surface area contributed by atoms with Crippen molar-refractivity contribution in [2.75, 3.05) is 26.2 Å². The molecule has 3 N–H and O–H groups in total. The molecule has 2 amide bonds. The van der Waals surface area contributed by atoms with Crippen molar-refractivity contribution in [3.63, 3.8) is 0 Å². The summed E-state index contributed by atoms with van der Waals surface area (Å²) in [7, 11) is 0. The fourth-order valence-corrected chi connectivity index (χ4v) is 2.20. The van der Waals surface area contributed by atoms with Gasteiger partial charge in [0.25, 0.3) is 5.91 Å². The van der Waals surface area contributed by atoms with Gasteiger partial charge in [-0.2, -0.15) is 0 Å². The van der Waals surface area contributed by atoms with Crippen LogP contribution < -0.4 is 16.0 Å². The number of benzene rings is 1. The number of rotatable bonds is 6. The van der Waals surface area contributed by atoms with E-state index in [4.69, 9.17) is 0 Å². The Labute approximate surface area is 139 Å². The molecule has 0 aliphatic carbocycles. The largest absolute Gasteiger partial charge is 0.354 e. The molecule has 0 aromatic heterocycles. The lowest BCUT2D eigenvalue weighted by molar-refractivity contribution is -0.126. The Kier molecular flexibility index (Phi) is 7.38. The summed E-state index contributed by atoms with van der Waals surface area (Å²) in [6.45, 7) is 3.84. The van der Waals surface area contributed by atoms with E-state index in [0.717, 1.165) is 25.2 Å². The van der Waals surface area contributed by atoms with E-state index < -0.39 is 23.1 Å². The molecule has 1 unspecified atom stereocenters. The van der Waals surface area contributed by atoms with Crippen molar-refractivity contribution in [3.05, 3.63) is 35.4 Å². The number of halogens is 3. The summed E-state index contributed by atoms with van der Waals surface area (Å²) in [6.07, 6.45) is 0. The highest BCUT2D eigenvalue weighted by molar-refractivity contribution is 5.94. The lowest BCUT2D eigenvalue weighted by Gasteiger charge is -2.31. The summed E-state index contributed by atoms with van der Waals surface area (Å²) < 4.78 is 26.8. The monoisotopic (exact) mass is 347 g/mol. The van der Waals surface area contributed by atoms with Crippen LogP contribution in [-0.2, 0) is 4.79 Å². The van der Waals surface area contributed by atoms with Gasteiger partial charge in [-0.05, 0) is 31.1 Å². The molecular weight excluding hydrogens is 328 g/mol. The zero-order chi connectivity index (χ0) is 16.1. The number of amides is 2. The maximum Gasteiger partial charge on any atom is 0.257 e. The number of nitrogens with one attached hydrogen (secondary N) is 3. The van der Waals surface area contributed by atoms with E-state index in [0.29, 0.717) is 5.92 Å². The van der Waals surface area contributed by atoms with Crippen molar-refractivity contribution in [1.82, 2.24) is 16.0 Å². The van der Waals surface area contributed by atoms with Gasteiger partial charge in [-0.1, -0.05) is 13.0 Å². The molecule has 23 heavy (non-hydrogen) atoms. The summed E-state index contributed by atoms with van der Waals surface area (Å²) in [5.41, 5.74) is -0.609. The fourth-order valence-electron chi connectivity index (χ4n) is 2.20. The first-order valence-corrected chi connectivity index (χ1v) is 7.21. The van der Waals surface area contributed by atoms with Gasteiger partial charge in [-0.3, -0.25) is 9.59 Å². The Hall–Kier alpha value is -1.73. The minimum absolute atomic E-state index is 0. The quantitative estimate of drug-likeness (QED) is 0.675. The predicted octanol–water partition coefficient (Wildman–Crippen LogP) is 1.09. The second-order valence-corrected chi connectivity index (χ2v) is 5.35. The molecule has 1 aromatic carbocycles. The van der Waals surface area contributed by atoms with E-state index in [2.05, 4.69) is 16.0 Å². The highest BCUT2D eigenvalue weighted by atomic mass is 35.5. The molecule has 5 nitrogen and oxygen atoms in total. The first-order chi connectivity index (χ1) is 10.5. The van der Waals surface area contributed by atoms with Crippen LogP contribution in [-0.4, -0.2) is 38.0 Å². The summed E-state index contributed by atoms with van der Waals surface area (Å²) >= 11 is 0. The summed E-state index contributed by atoms with van der Waals surface area (Å²) in [5, 5.41) is 8.18. The molecule has 1 aliphatic rings. The average molecular weight is 348 g/mol. The standard InChI is InChI=1S/C15H19F2N3O2.ClH/c1-9(10-7-18-8-10)14(21)19-5-6-20-15(22)13-11(16)3-2-4-12(13)17;/h2-4,9-10,18H,5-8H2,1H3,(H,19,21)(H,20,22);1H. The Morgan fingerprint density at radius 1 is 1.22 bits per heavy atom. The molecule has 8 heteroatoms. The molecule has 1 aliphatic heterocycles. The molecule has 1 saturated heterocycles. The third-order valence-electron chi connectivity index (χ3n) is 3.83. The van der Waals surface area contributed by atoms with Crippen molar-refractivity contribution >= 4 is 24.2 Å². The maximum absolute atomic E-state index is 13.4. The van der Waals surface area contributed by atoms with E-state index in [9.17, 15) is 18.4 Å². The summed E-state index contributed by atoms with van der Waals surface area (Å²) in [5.74, 6) is -2.50. The first-order valence-electron chi connectivity index (χ1n) is 7.21. The summed E-state index contributed by atoms with van der Waals surface area (Å²) in [4.78, 5) is 23.5. The van der Waals surface area contributed by atoms with Crippen molar-refractivity contribution < 1.29 is 18.4 Å². The SMILES string of the molecule is CC(C(=O)NCCNC(=O)c1c(F)cccc1F)C1CNC1.Cl. The Morgan fingerprint density at radius 2 is 1.78 bits per heavy atom. The number of carbonyl (C=O) groups excluding carboxylic acids is 2. The van der Waals surface area contributed by atoms with Crippen LogP contribution in [0, 0.1) is 23.5 Å². The normalized spacial score (nSPS) is 15.1. The van der Waals surface area contributed by atoms with Gasteiger partial charge in [0.1, 0.15) is 17.2 Å². The molecule has 1 aromatic rings. The Bertz CT molecular complexity index is 547. The van der Waals surface area contributed by atoms with Crippen LogP contribution in [0.25, 0.3) is 0 Å². The van der Waals surface area contributed by atoms with Crippen LogP contribution in [0.4, 0.5) is 8.78 Å². The van der Waals surface area contributed by atoms with E-state index in [1.807, 2.05) is 6.92 Å². The average Bonchev–Trinajstić information content (AvgIpc) is 2.41. The lowest BCUT2D eigenvalue weighted by Crippen LogP contribution is -2.50. The predicted molar refractivity (Wildman–Crippen MR) is 84.5 cm³/mol. The van der Waals surface area contributed by atoms with Crippen molar-refractivity contribution in [1.29, 1.82) is 0 Å². The van der Waals surface area contributed by atoms with Crippen molar-refractivity contribution in [3.8, 4) is 0 Å². The van der Waals surface area contributed by atoms with E-state index in [-0.39, 0.29) is 37.3 Å². The topological polar surface area (TPSA) is 70.2 Å². The van der Waals surface area contributed by atoms with Gasteiger partial charge < -0.3 is 16.0 Å². The second kappa shape index (κ2) is 8.79. The van der Waals surface area contributed by atoms with Crippen LogP contribution in [0.15, 0.2) is 18.2 Å². The molecule has 0 bridgehead atoms. The van der Waals surface area contributed by atoms with E-state index in [1.165, 1.54) is 6.07 Å².